The van der Waals surface area contributed by atoms with Gasteiger partial charge in [0.25, 0.3) is 0 Å². The summed E-state index contributed by atoms with van der Waals surface area (Å²) in [6.45, 7) is 1.48. The number of aromatic amines is 1. The van der Waals surface area contributed by atoms with Crippen LogP contribution in [0.5, 0.6) is 0 Å². The topological polar surface area (TPSA) is 66.2 Å². The normalized spacial score (nSPS) is 10.6. The highest BCUT2D eigenvalue weighted by molar-refractivity contribution is 5.92. The van der Waals surface area contributed by atoms with Crippen molar-refractivity contribution in [1.82, 2.24) is 10.3 Å². The van der Waals surface area contributed by atoms with Crippen molar-refractivity contribution in [3.8, 4) is 0 Å². The lowest BCUT2D eigenvalue weighted by Gasteiger charge is -2.08. The molecule has 3 N–H and O–H groups in total. The Kier molecular flexibility index (Phi) is 4.91. The molecule has 0 saturated heterocycles. The molecule has 3 aromatic rings. The maximum Gasteiger partial charge on any atom is 0.319 e. The Labute approximate surface area is 134 Å². The van der Waals surface area contributed by atoms with Gasteiger partial charge in [-0.05, 0) is 29.8 Å². The van der Waals surface area contributed by atoms with Crippen molar-refractivity contribution in [2.45, 2.75) is 6.61 Å². The summed E-state index contributed by atoms with van der Waals surface area (Å²) in [6.07, 6.45) is 1.87. The van der Waals surface area contributed by atoms with Gasteiger partial charge in [0.05, 0.1) is 13.2 Å². The summed E-state index contributed by atoms with van der Waals surface area (Å²) in [5.41, 5.74) is 2.93. The molecule has 5 nitrogen and oxygen atoms in total. The summed E-state index contributed by atoms with van der Waals surface area (Å²) < 4.78 is 5.52. The van der Waals surface area contributed by atoms with E-state index < -0.39 is 0 Å². The number of rotatable bonds is 6. The molecule has 0 unspecified atom stereocenters. The van der Waals surface area contributed by atoms with Crippen molar-refractivity contribution in [2.24, 2.45) is 0 Å². The van der Waals surface area contributed by atoms with Crippen LogP contribution in [-0.4, -0.2) is 24.2 Å². The zero-order chi connectivity index (χ0) is 15.9. The highest BCUT2D eigenvalue weighted by Gasteiger charge is 2.02. The molecule has 3 rings (SSSR count). The fourth-order valence-corrected chi connectivity index (χ4v) is 2.31. The van der Waals surface area contributed by atoms with Crippen LogP contribution in [-0.2, 0) is 11.3 Å². The van der Waals surface area contributed by atoms with Gasteiger partial charge in [-0.15, -0.1) is 0 Å². The van der Waals surface area contributed by atoms with E-state index in [1.165, 1.54) is 0 Å². The average molecular weight is 309 g/mol. The molecule has 0 fully saturated rings. The van der Waals surface area contributed by atoms with E-state index >= 15 is 0 Å². The van der Waals surface area contributed by atoms with Gasteiger partial charge in [0.1, 0.15) is 0 Å². The molecule has 2 amide bonds. The van der Waals surface area contributed by atoms with Crippen molar-refractivity contribution >= 4 is 22.6 Å². The van der Waals surface area contributed by atoms with Gasteiger partial charge in [-0.2, -0.15) is 0 Å². The molecule has 1 heterocycles. The van der Waals surface area contributed by atoms with Crippen molar-refractivity contribution in [1.29, 1.82) is 0 Å². The second-order valence-electron chi connectivity index (χ2n) is 5.20. The summed E-state index contributed by atoms with van der Waals surface area (Å²) in [6, 6.07) is 17.4. The molecule has 0 spiro atoms. The van der Waals surface area contributed by atoms with Gasteiger partial charge in [0, 0.05) is 29.3 Å². The first-order valence-corrected chi connectivity index (χ1v) is 7.55. The van der Waals surface area contributed by atoms with Crippen molar-refractivity contribution in [2.75, 3.05) is 18.5 Å². The summed E-state index contributed by atoms with van der Waals surface area (Å²) >= 11 is 0. The zero-order valence-electron chi connectivity index (χ0n) is 12.7. The van der Waals surface area contributed by atoms with E-state index in [4.69, 9.17) is 4.74 Å². The summed E-state index contributed by atoms with van der Waals surface area (Å²) in [7, 11) is 0. The third-order valence-electron chi connectivity index (χ3n) is 3.45. The number of carbonyl (C=O) groups is 1. The van der Waals surface area contributed by atoms with Crippen LogP contribution in [0.1, 0.15) is 5.56 Å². The highest BCUT2D eigenvalue weighted by atomic mass is 16.5. The minimum Gasteiger partial charge on any atom is -0.375 e. The van der Waals surface area contributed by atoms with Crippen LogP contribution in [0.3, 0.4) is 0 Å². The van der Waals surface area contributed by atoms with Gasteiger partial charge in [-0.25, -0.2) is 4.79 Å². The average Bonchev–Trinajstić information content (AvgIpc) is 3.03. The number of H-pyrrole nitrogens is 1. The second-order valence-corrected chi connectivity index (χ2v) is 5.20. The number of hydrogen-bond acceptors (Lipinski definition) is 2. The Morgan fingerprint density at radius 1 is 1.09 bits per heavy atom. The number of fused-ring (bicyclic) bond motifs is 1. The molecule has 0 atom stereocenters. The van der Waals surface area contributed by atoms with Crippen LogP contribution in [0, 0.1) is 0 Å². The number of carbonyl (C=O) groups excluding carboxylic acids is 1. The first-order chi connectivity index (χ1) is 11.3. The number of nitrogens with one attached hydrogen (secondary N) is 3. The molecule has 0 aliphatic heterocycles. The zero-order valence-corrected chi connectivity index (χ0v) is 12.7. The molecule has 5 heteroatoms. The molecular weight excluding hydrogens is 290 g/mol. The summed E-state index contributed by atoms with van der Waals surface area (Å²) in [5, 5.41) is 6.65. The standard InChI is InChI=1S/C18H19N3O2/c22-18(20-10-11-23-13-14-4-2-1-3-5-14)21-16-6-7-17-15(12-16)8-9-19-17/h1-9,12,19H,10-11,13H2,(H2,20,21,22). The van der Waals surface area contributed by atoms with Crippen LogP contribution in [0.4, 0.5) is 10.5 Å². The van der Waals surface area contributed by atoms with Gasteiger partial charge in [0.2, 0.25) is 0 Å². The Bertz CT molecular complexity index is 768. The number of urea groups is 1. The Hall–Kier alpha value is -2.79. The predicted octanol–water partition coefficient (Wildman–Crippen LogP) is 3.51. The van der Waals surface area contributed by atoms with E-state index in [0.717, 1.165) is 22.2 Å². The molecule has 0 aliphatic rings. The van der Waals surface area contributed by atoms with Crippen LogP contribution >= 0.6 is 0 Å². The third kappa shape index (κ3) is 4.34. The van der Waals surface area contributed by atoms with Gasteiger partial charge in [-0.3, -0.25) is 0 Å². The molecule has 0 aliphatic carbocycles. The lowest BCUT2D eigenvalue weighted by molar-refractivity contribution is 0.124. The number of hydrogen-bond donors (Lipinski definition) is 3. The number of anilines is 1. The Morgan fingerprint density at radius 2 is 1.96 bits per heavy atom. The first kappa shape index (κ1) is 15.1. The lowest BCUT2D eigenvalue weighted by atomic mass is 10.2. The molecule has 118 valence electrons. The first-order valence-electron chi connectivity index (χ1n) is 7.55. The molecule has 2 aromatic carbocycles. The Balaban J connectivity index is 1.37. The smallest absolute Gasteiger partial charge is 0.319 e. The SMILES string of the molecule is O=C(NCCOCc1ccccc1)Nc1ccc2[nH]ccc2c1. The Morgan fingerprint density at radius 3 is 2.83 bits per heavy atom. The molecular formula is C18H19N3O2. The van der Waals surface area contributed by atoms with Gasteiger partial charge >= 0.3 is 6.03 Å². The van der Waals surface area contributed by atoms with Crippen molar-refractivity contribution < 1.29 is 9.53 Å². The van der Waals surface area contributed by atoms with Crippen LogP contribution in [0.25, 0.3) is 10.9 Å². The largest absolute Gasteiger partial charge is 0.375 e. The molecule has 0 saturated carbocycles. The third-order valence-corrected chi connectivity index (χ3v) is 3.45. The van der Waals surface area contributed by atoms with Crippen molar-refractivity contribution in [3.63, 3.8) is 0 Å². The fourth-order valence-electron chi connectivity index (χ4n) is 2.31. The molecule has 0 bridgehead atoms. The predicted molar refractivity (Wildman–Crippen MR) is 91.4 cm³/mol. The molecule has 23 heavy (non-hydrogen) atoms. The quantitative estimate of drug-likeness (QED) is 0.610. The molecule has 1 aromatic heterocycles. The van der Waals surface area contributed by atoms with Gasteiger partial charge in [0.15, 0.2) is 0 Å². The summed E-state index contributed by atoms with van der Waals surface area (Å²) in [4.78, 5) is 15.0. The fraction of sp³-hybridized carbons (Fsp3) is 0.167. The van der Waals surface area contributed by atoms with Gasteiger partial charge in [-0.1, -0.05) is 30.3 Å². The lowest BCUT2D eigenvalue weighted by Crippen LogP contribution is -2.31. The van der Waals surface area contributed by atoms with Crippen molar-refractivity contribution in [3.05, 3.63) is 66.4 Å². The van der Waals surface area contributed by atoms with E-state index in [2.05, 4.69) is 15.6 Å². The van der Waals surface area contributed by atoms with Crippen LogP contribution in [0.15, 0.2) is 60.8 Å². The van der Waals surface area contributed by atoms with E-state index in [-0.39, 0.29) is 6.03 Å². The highest BCUT2D eigenvalue weighted by Crippen LogP contribution is 2.17. The number of amides is 2. The van der Waals surface area contributed by atoms with E-state index in [1.54, 1.807) is 0 Å². The maximum absolute atomic E-state index is 11.8. The number of ether oxygens (including phenoxy) is 1. The number of benzene rings is 2. The minimum atomic E-state index is -0.233. The maximum atomic E-state index is 11.8. The second kappa shape index (κ2) is 7.47. The van der Waals surface area contributed by atoms with E-state index in [1.807, 2.05) is 60.8 Å². The van der Waals surface area contributed by atoms with Crippen LogP contribution < -0.4 is 10.6 Å². The number of aromatic nitrogens is 1. The van der Waals surface area contributed by atoms with E-state index in [0.29, 0.717) is 19.8 Å². The molecule has 0 radical (unpaired) electrons. The monoisotopic (exact) mass is 309 g/mol. The minimum absolute atomic E-state index is 0.233. The van der Waals surface area contributed by atoms with Crippen LogP contribution in [0.2, 0.25) is 0 Å². The van der Waals surface area contributed by atoms with Gasteiger partial charge < -0.3 is 20.4 Å². The van der Waals surface area contributed by atoms with E-state index in [9.17, 15) is 4.79 Å². The summed E-state index contributed by atoms with van der Waals surface area (Å²) in [5.74, 6) is 0.